The second-order valence-electron chi connectivity index (χ2n) is 15.3. The fourth-order valence-electron chi connectivity index (χ4n) is 7.00. The summed E-state index contributed by atoms with van der Waals surface area (Å²) in [5.74, 6) is -2.32. The minimum absolute atomic E-state index is 0.0418. The van der Waals surface area contributed by atoms with Gasteiger partial charge in [0, 0.05) is 25.2 Å². The first-order chi connectivity index (χ1) is 27.0. The Morgan fingerprint density at radius 1 is 0.947 bits per heavy atom. The number of rotatable bonds is 11. The van der Waals surface area contributed by atoms with Gasteiger partial charge in [-0.05, 0) is 73.9 Å². The summed E-state index contributed by atoms with van der Waals surface area (Å²) in [4.78, 5) is 66.3. The summed E-state index contributed by atoms with van der Waals surface area (Å²) in [6.45, 7) is 14.0. The monoisotopic (exact) mass is 792 g/mol. The van der Waals surface area contributed by atoms with E-state index < -0.39 is 64.6 Å². The third-order valence-electron chi connectivity index (χ3n) is 9.58. The Balaban J connectivity index is 1.86. The smallest absolute Gasteiger partial charge is 0.424 e. The van der Waals surface area contributed by atoms with E-state index in [2.05, 4.69) is 9.97 Å². The molecule has 2 atom stereocenters. The van der Waals surface area contributed by atoms with Crippen LogP contribution in [-0.4, -0.2) is 86.3 Å². The highest BCUT2D eigenvalue weighted by molar-refractivity contribution is 6.12. The van der Waals surface area contributed by atoms with E-state index in [4.69, 9.17) is 9.47 Å². The first kappa shape index (κ1) is 42.5. The van der Waals surface area contributed by atoms with Gasteiger partial charge in [-0.3, -0.25) is 0 Å². The number of carbonyl (C=O) groups is 3. The van der Waals surface area contributed by atoms with Crippen LogP contribution in [0.3, 0.4) is 0 Å². The topological polar surface area (TPSA) is 168 Å². The van der Waals surface area contributed by atoms with Gasteiger partial charge in [0.25, 0.3) is 0 Å². The Morgan fingerprint density at radius 3 is 2.18 bits per heavy atom. The van der Waals surface area contributed by atoms with E-state index in [0.29, 0.717) is 40.1 Å². The molecule has 2 aromatic heterocycles. The number of hydrogen-bond donors (Lipinski definition) is 2. The van der Waals surface area contributed by atoms with Crippen LogP contribution in [0, 0.1) is 30.4 Å². The molecule has 16 heteroatoms. The van der Waals surface area contributed by atoms with Gasteiger partial charge in [0.15, 0.2) is 11.5 Å². The third kappa shape index (κ3) is 8.85. The second-order valence-corrected chi connectivity index (χ2v) is 15.3. The molecule has 5 rings (SSSR count). The number of aryl methyl sites for hydroxylation is 2. The Morgan fingerprint density at radius 2 is 1.60 bits per heavy atom. The zero-order valence-corrected chi connectivity index (χ0v) is 33.5. The molecule has 2 N–H and O–H groups in total. The van der Waals surface area contributed by atoms with Gasteiger partial charge >= 0.3 is 24.0 Å². The number of imide groups is 1. The zero-order valence-electron chi connectivity index (χ0n) is 33.5. The van der Waals surface area contributed by atoms with E-state index in [0.717, 1.165) is 12.1 Å². The number of fused-ring (bicyclic) bond motifs is 1. The van der Waals surface area contributed by atoms with Crippen molar-refractivity contribution in [2.45, 2.75) is 86.9 Å². The maximum absolute atomic E-state index is 16.9. The quantitative estimate of drug-likeness (QED) is 0.155. The van der Waals surface area contributed by atoms with Gasteiger partial charge in [0.1, 0.15) is 17.3 Å². The number of carbonyl (C=O) groups excluding carboxylic acids is 2. The molecule has 2 aromatic carbocycles. The number of nitrogens with zero attached hydrogens (tertiary/aromatic N) is 6. The van der Waals surface area contributed by atoms with Crippen molar-refractivity contribution < 1.29 is 42.9 Å². The molecule has 14 nitrogen and oxygen atoms in total. The fourth-order valence-corrected chi connectivity index (χ4v) is 7.00. The predicted octanol–water partition coefficient (Wildman–Crippen LogP) is 7.45. The molecule has 4 aromatic rings. The number of pyridine rings is 1. The highest BCUT2D eigenvalue weighted by Gasteiger charge is 2.36. The number of aromatic nitrogens is 3. The van der Waals surface area contributed by atoms with Crippen molar-refractivity contribution in [1.82, 2.24) is 19.4 Å². The van der Waals surface area contributed by atoms with Gasteiger partial charge < -0.3 is 29.5 Å². The van der Waals surface area contributed by atoms with Crippen LogP contribution >= 0.6 is 0 Å². The lowest BCUT2D eigenvalue weighted by Gasteiger charge is -2.43. The average Bonchev–Trinajstić information content (AvgIpc) is 3.14. The second kappa shape index (κ2) is 17.7. The van der Waals surface area contributed by atoms with Crippen molar-refractivity contribution in [3.63, 3.8) is 0 Å². The number of carboxylic acid groups (broad SMARTS) is 1. The molecule has 3 heterocycles. The number of aliphatic hydroxyl groups is 1. The van der Waals surface area contributed by atoms with Crippen LogP contribution < -0.4 is 15.5 Å². The standard InChI is InChI=1S/C41H50F2N6O8/c1-9-11-28-15-27(19-50)14-24(6)35(28)49-37-29(36(45-38(49)51)46-17-26(8)47(39(52)53)18-25(46)7)16-31(43)34(44-37)33-30(42)12-10-13-32(33)48(40(54)56-20-22(2)3)41(55)57-21-23(4)5/h10,12-16,22-23,25-26,50H,9,11,17-21H2,1-8H3,(H,52,53)/t25-,26+/m0/s1. The van der Waals surface area contributed by atoms with Crippen LogP contribution in [0.15, 0.2) is 41.2 Å². The number of hydrogen-bond acceptors (Lipinski definition) is 10. The molecule has 0 bridgehead atoms. The normalized spacial score (nSPS) is 15.7. The Hall–Kier alpha value is -5.64. The number of halogens is 2. The van der Waals surface area contributed by atoms with Crippen LogP contribution in [0.1, 0.15) is 71.6 Å². The largest absolute Gasteiger partial charge is 0.465 e. The Kier molecular flexibility index (Phi) is 13.2. The Labute approximate surface area is 329 Å². The zero-order chi connectivity index (χ0) is 41.9. The van der Waals surface area contributed by atoms with Crippen molar-refractivity contribution in [2.24, 2.45) is 11.8 Å². The average molecular weight is 793 g/mol. The molecule has 3 amide bonds. The van der Waals surface area contributed by atoms with Crippen LogP contribution in [0.25, 0.3) is 28.0 Å². The molecule has 1 saturated heterocycles. The summed E-state index contributed by atoms with van der Waals surface area (Å²) in [5, 5.41) is 19.9. The van der Waals surface area contributed by atoms with E-state index in [-0.39, 0.29) is 61.6 Å². The molecule has 0 spiro atoms. The lowest BCUT2D eigenvalue weighted by Crippen LogP contribution is -2.58. The van der Waals surface area contributed by atoms with E-state index in [1.165, 1.54) is 21.6 Å². The number of amides is 3. The van der Waals surface area contributed by atoms with Gasteiger partial charge in [-0.2, -0.15) is 9.88 Å². The summed E-state index contributed by atoms with van der Waals surface area (Å²) >= 11 is 0. The van der Waals surface area contributed by atoms with Crippen LogP contribution in [-0.2, 0) is 22.5 Å². The molecular formula is C41H50F2N6O8. The number of aliphatic hydroxyl groups excluding tert-OH is 1. The number of anilines is 2. The van der Waals surface area contributed by atoms with Crippen molar-refractivity contribution in [3.8, 4) is 16.9 Å². The summed E-state index contributed by atoms with van der Waals surface area (Å²) in [7, 11) is 0. The molecule has 0 saturated carbocycles. The summed E-state index contributed by atoms with van der Waals surface area (Å²) in [6, 6.07) is 7.01. The summed E-state index contributed by atoms with van der Waals surface area (Å²) in [5.41, 5.74) is -0.299. The summed E-state index contributed by atoms with van der Waals surface area (Å²) in [6.07, 6.45) is -2.34. The van der Waals surface area contributed by atoms with Crippen LogP contribution in [0.2, 0.25) is 0 Å². The minimum atomic E-state index is -1.18. The Bertz CT molecular complexity index is 2200. The molecule has 1 aliphatic rings. The SMILES string of the molecule is CCCc1cc(CO)cc(C)c1-n1c(=O)nc(N2C[C@@H](C)N(C(=O)O)C[C@@H]2C)c2cc(F)c(-c3c(F)cccc3N(C(=O)OCC(C)C)C(=O)OCC(C)C)nc21. The van der Waals surface area contributed by atoms with Crippen molar-refractivity contribution in [1.29, 1.82) is 0 Å². The molecule has 0 aliphatic carbocycles. The van der Waals surface area contributed by atoms with Crippen LogP contribution in [0.4, 0.5) is 34.7 Å². The van der Waals surface area contributed by atoms with E-state index in [1.54, 1.807) is 65.5 Å². The molecule has 0 radical (unpaired) electrons. The fraction of sp³-hybridized carbons (Fsp3) is 0.463. The van der Waals surface area contributed by atoms with Crippen molar-refractivity contribution in [3.05, 3.63) is 75.2 Å². The first-order valence-electron chi connectivity index (χ1n) is 19.0. The van der Waals surface area contributed by atoms with E-state index >= 15 is 8.78 Å². The minimum Gasteiger partial charge on any atom is -0.465 e. The lowest BCUT2D eigenvalue weighted by atomic mass is 9.99. The predicted molar refractivity (Wildman–Crippen MR) is 211 cm³/mol. The molecule has 1 aliphatic heterocycles. The highest BCUT2D eigenvalue weighted by atomic mass is 19.1. The van der Waals surface area contributed by atoms with Crippen molar-refractivity contribution in [2.75, 3.05) is 36.1 Å². The maximum atomic E-state index is 16.9. The van der Waals surface area contributed by atoms with Gasteiger partial charge in [0.05, 0.1) is 42.1 Å². The van der Waals surface area contributed by atoms with E-state index in [1.807, 2.05) is 6.92 Å². The number of piperazine rings is 1. The van der Waals surface area contributed by atoms with Gasteiger partial charge in [-0.15, -0.1) is 0 Å². The summed E-state index contributed by atoms with van der Waals surface area (Å²) < 4.78 is 45.2. The lowest BCUT2D eigenvalue weighted by molar-refractivity contribution is 0.114. The maximum Gasteiger partial charge on any atom is 0.424 e. The van der Waals surface area contributed by atoms with Gasteiger partial charge in [-0.25, -0.2) is 37.5 Å². The molecule has 0 unspecified atom stereocenters. The highest BCUT2D eigenvalue weighted by Crippen LogP contribution is 2.38. The molecule has 306 valence electrons. The van der Waals surface area contributed by atoms with Crippen molar-refractivity contribution >= 4 is 40.8 Å². The first-order valence-corrected chi connectivity index (χ1v) is 19.0. The van der Waals surface area contributed by atoms with E-state index in [9.17, 15) is 29.4 Å². The van der Waals surface area contributed by atoms with Gasteiger partial charge in [-0.1, -0.05) is 59.2 Å². The number of benzene rings is 2. The van der Waals surface area contributed by atoms with Gasteiger partial charge in [0.2, 0.25) is 0 Å². The number of ether oxygens (including phenoxy) is 2. The third-order valence-corrected chi connectivity index (χ3v) is 9.58. The molecule has 1 fully saturated rings. The molecular weight excluding hydrogens is 742 g/mol. The van der Waals surface area contributed by atoms with Crippen LogP contribution in [0.5, 0.6) is 0 Å². The molecule has 57 heavy (non-hydrogen) atoms.